The third kappa shape index (κ3) is 2.50. The van der Waals surface area contributed by atoms with Crippen LogP contribution in [-0.4, -0.2) is 25.6 Å². The Labute approximate surface area is 121 Å². The number of benzene rings is 1. The third-order valence-electron chi connectivity index (χ3n) is 3.55. The van der Waals surface area contributed by atoms with E-state index in [0.29, 0.717) is 12.1 Å². The quantitative estimate of drug-likeness (QED) is 0.798. The van der Waals surface area contributed by atoms with Crippen LogP contribution >= 0.6 is 0 Å². The highest BCUT2D eigenvalue weighted by atomic mass is 16.4. The molecule has 0 radical (unpaired) electrons. The number of pyridine rings is 1. The third-order valence-corrected chi connectivity index (χ3v) is 3.55. The van der Waals surface area contributed by atoms with Gasteiger partial charge in [-0.2, -0.15) is 0 Å². The molecule has 106 valence electrons. The largest absolute Gasteiger partial charge is 0.478 e. The Kier molecular flexibility index (Phi) is 3.39. The van der Waals surface area contributed by atoms with Crippen molar-refractivity contribution in [2.24, 2.45) is 0 Å². The zero-order valence-electron chi connectivity index (χ0n) is 11.7. The van der Waals surface area contributed by atoms with Crippen LogP contribution in [0.25, 0.3) is 11.0 Å². The Morgan fingerprint density at radius 3 is 2.90 bits per heavy atom. The molecule has 0 aliphatic carbocycles. The van der Waals surface area contributed by atoms with Crippen LogP contribution in [-0.2, 0) is 13.0 Å². The second-order valence-corrected chi connectivity index (χ2v) is 4.84. The van der Waals surface area contributed by atoms with Gasteiger partial charge < -0.3 is 9.67 Å². The zero-order chi connectivity index (χ0) is 14.8. The topological polar surface area (TPSA) is 68.0 Å². The fourth-order valence-electron chi connectivity index (χ4n) is 2.42. The lowest BCUT2D eigenvalue weighted by Crippen LogP contribution is -2.04. The molecule has 1 aromatic carbocycles. The van der Waals surface area contributed by atoms with E-state index in [2.05, 4.69) is 23.0 Å². The predicted molar refractivity (Wildman–Crippen MR) is 79.4 cm³/mol. The second kappa shape index (κ2) is 5.36. The van der Waals surface area contributed by atoms with Crippen LogP contribution in [0.4, 0.5) is 0 Å². The van der Waals surface area contributed by atoms with Gasteiger partial charge in [-0.15, -0.1) is 0 Å². The average molecular weight is 281 g/mol. The van der Waals surface area contributed by atoms with E-state index >= 15 is 0 Å². The van der Waals surface area contributed by atoms with Crippen LogP contribution in [0.1, 0.15) is 28.5 Å². The fourth-order valence-corrected chi connectivity index (χ4v) is 2.42. The van der Waals surface area contributed by atoms with Gasteiger partial charge in [-0.25, -0.2) is 9.78 Å². The Morgan fingerprint density at radius 1 is 1.29 bits per heavy atom. The van der Waals surface area contributed by atoms with E-state index in [1.54, 1.807) is 30.7 Å². The summed E-state index contributed by atoms with van der Waals surface area (Å²) in [6.45, 7) is 2.73. The summed E-state index contributed by atoms with van der Waals surface area (Å²) in [5, 5.41) is 9.01. The lowest BCUT2D eigenvalue weighted by atomic mass is 10.1. The van der Waals surface area contributed by atoms with E-state index in [4.69, 9.17) is 5.11 Å². The fraction of sp³-hybridized carbons (Fsp3) is 0.188. The number of aromatic carboxylic acids is 1. The summed E-state index contributed by atoms with van der Waals surface area (Å²) < 4.78 is 1.99. The first-order valence-corrected chi connectivity index (χ1v) is 6.80. The number of nitrogens with zero attached hydrogens (tertiary/aromatic N) is 3. The molecular formula is C16H15N3O2. The van der Waals surface area contributed by atoms with E-state index in [0.717, 1.165) is 17.6 Å². The Balaban J connectivity index is 2.00. The van der Waals surface area contributed by atoms with E-state index in [9.17, 15) is 4.79 Å². The summed E-state index contributed by atoms with van der Waals surface area (Å²) in [7, 11) is 0. The molecule has 0 unspecified atom stereocenters. The summed E-state index contributed by atoms with van der Waals surface area (Å²) in [5.74, 6) is -0.940. The smallest absolute Gasteiger partial charge is 0.335 e. The number of aromatic nitrogens is 3. The Bertz CT molecular complexity index is 808. The molecule has 0 saturated carbocycles. The van der Waals surface area contributed by atoms with Gasteiger partial charge in [-0.3, -0.25) is 4.98 Å². The second-order valence-electron chi connectivity index (χ2n) is 4.84. The maximum Gasteiger partial charge on any atom is 0.335 e. The minimum Gasteiger partial charge on any atom is -0.478 e. The highest BCUT2D eigenvalue weighted by Crippen LogP contribution is 2.17. The van der Waals surface area contributed by atoms with Crippen LogP contribution in [0, 0.1) is 0 Å². The van der Waals surface area contributed by atoms with Crippen LogP contribution < -0.4 is 0 Å². The van der Waals surface area contributed by atoms with E-state index in [1.807, 2.05) is 10.6 Å². The van der Waals surface area contributed by atoms with Crippen molar-refractivity contribution < 1.29 is 9.90 Å². The molecule has 0 fully saturated rings. The summed E-state index contributed by atoms with van der Waals surface area (Å²) in [5.41, 5.74) is 4.07. The Morgan fingerprint density at radius 2 is 2.14 bits per heavy atom. The molecule has 5 nitrogen and oxygen atoms in total. The summed E-state index contributed by atoms with van der Waals surface area (Å²) >= 11 is 0. The first-order valence-electron chi connectivity index (χ1n) is 6.80. The van der Waals surface area contributed by atoms with E-state index in [-0.39, 0.29) is 5.56 Å². The predicted octanol–water partition coefficient (Wildman–Crippen LogP) is 2.74. The van der Waals surface area contributed by atoms with Crippen LogP contribution in [0.3, 0.4) is 0 Å². The van der Waals surface area contributed by atoms with E-state index < -0.39 is 5.97 Å². The molecule has 0 aliphatic heterocycles. The summed E-state index contributed by atoms with van der Waals surface area (Å²) in [6.07, 6.45) is 4.44. The summed E-state index contributed by atoms with van der Waals surface area (Å²) in [6, 6.07) is 8.99. The minimum absolute atomic E-state index is 0.250. The average Bonchev–Trinajstić information content (AvgIpc) is 2.90. The minimum atomic E-state index is -0.940. The number of fused-ring (bicyclic) bond motifs is 1. The van der Waals surface area contributed by atoms with Crippen molar-refractivity contribution in [3.8, 4) is 0 Å². The van der Waals surface area contributed by atoms with Crippen molar-refractivity contribution in [1.82, 2.24) is 14.5 Å². The number of hydrogen-bond acceptors (Lipinski definition) is 3. The molecular weight excluding hydrogens is 266 g/mol. The van der Waals surface area contributed by atoms with Gasteiger partial charge in [0.15, 0.2) is 0 Å². The number of hydrogen-bond donors (Lipinski definition) is 1. The number of rotatable bonds is 4. The molecule has 0 bridgehead atoms. The van der Waals surface area contributed by atoms with Crippen molar-refractivity contribution in [3.63, 3.8) is 0 Å². The number of carbonyl (C=O) groups is 1. The van der Waals surface area contributed by atoms with Crippen molar-refractivity contribution in [2.75, 3.05) is 0 Å². The molecule has 21 heavy (non-hydrogen) atoms. The van der Waals surface area contributed by atoms with Gasteiger partial charge in [-0.1, -0.05) is 13.0 Å². The lowest BCUT2D eigenvalue weighted by molar-refractivity contribution is 0.0697. The molecule has 3 rings (SSSR count). The van der Waals surface area contributed by atoms with Crippen LogP contribution in [0.2, 0.25) is 0 Å². The molecule has 3 aromatic rings. The van der Waals surface area contributed by atoms with Crippen LogP contribution in [0.15, 0.2) is 42.9 Å². The number of aryl methyl sites for hydroxylation is 1. The Hall–Kier alpha value is -2.69. The number of carboxylic acid groups (broad SMARTS) is 1. The monoisotopic (exact) mass is 281 g/mol. The van der Waals surface area contributed by atoms with Gasteiger partial charge >= 0.3 is 5.97 Å². The molecule has 0 atom stereocenters. The van der Waals surface area contributed by atoms with Gasteiger partial charge in [-0.05, 0) is 36.2 Å². The molecule has 2 heterocycles. The molecule has 2 aromatic heterocycles. The van der Waals surface area contributed by atoms with Crippen molar-refractivity contribution in [3.05, 3.63) is 59.7 Å². The van der Waals surface area contributed by atoms with Crippen molar-refractivity contribution in [2.45, 2.75) is 19.9 Å². The first kappa shape index (κ1) is 13.3. The molecule has 1 N–H and O–H groups in total. The number of carboxylic acids is 1. The van der Waals surface area contributed by atoms with E-state index in [1.165, 1.54) is 5.56 Å². The molecule has 0 spiro atoms. The highest BCUT2D eigenvalue weighted by molar-refractivity contribution is 5.92. The standard InChI is InChI=1S/C16H15N3O2/c1-2-11-4-3-7-17-14(11)9-19-10-18-13-8-12(16(20)21)5-6-15(13)19/h3-8,10H,2,9H2,1H3,(H,20,21). The SMILES string of the molecule is CCc1cccnc1Cn1cnc2cc(C(=O)O)ccc21. The van der Waals surface area contributed by atoms with Gasteiger partial charge in [0.1, 0.15) is 0 Å². The molecule has 0 aliphatic rings. The zero-order valence-corrected chi connectivity index (χ0v) is 11.7. The maximum absolute atomic E-state index is 11.0. The van der Waals surface area contributed by atoms with Gasteiger partial charge in [0.2, 0.25) is 0 Å². The number of imidazole rings is 1. The highest BCUT2D eigenvalue weighted by Gasteiger charge is 2.09. The lowest BCUT2D eigenvalue weighted by Gasteiger charge is -2.08. The van der Waals surface area contributed by atoms with Gasteiger partial charge in [0.05, 0.1) is 35.2 Å². The van der Waals surface area contributed by atoms with Crippen molar-refractivity contribution >= 4 is 17.0 Å². The van der Waals surface area contributed by atoms with Gasteiger partial charge in [0.25, 0.3) is 0 Å². The molecule has 0 amide bonds. The first-order chi connectivity index (χ1) is 10.2. The normalized spacial score (nSPS) is 10.9. The van der Waals surface area contributed by atoms with Crippen molar-refractivity contribution in [1.29, 1.82) is 0 Å². The molecule has 5 heteroatoms. The van der Waals surface area contributed by atoms with Gasteiger partial charge in [0, 0.05) is 6.20 Å². The van der Waals surface area contributed by atoms with Crippen LogP contribution in [0.5, 0.6) is 0 Å². The maximum atomic E-state index is 11.0. The summed E-state index contributed by atoms with van der Waals surface area (Å²) in [4.78, 5) is 19.7. The molecule has 0 saturated heterocycles.